The maximum Gasteiger partial charge on any atom is 0.414 e. The maximum absolute atomic E-state index is 12.0. The van der Waals surface area contributed by atoms with Crippen molar-refractivity contribution in [3.63, 3.8) is 0 Å². The van der Waals surface area contributed by atoms with Crippen LogP contribution in [0.1, 0.15) is 0 Å². The van der Waals surface area contributed by atoms with Crippen molar-refractivity contribution in [2.75, 3.05) is 51.4 Å². The predicted octanol–water partition coefficient (Wildman–Crippen LogP) is -0.116. The summed E-state index contributed by atoms with van der Waals surface area (Å²) >= 11 is 0. The van der Waals surface area contributed by atoms with Crippen LogP contribution in [0.4, 0.5) is 5.69 Å². The van der Waals surface area contributed by atoms with E-state index in [0.29, 0.717) is 38.7 Å². The average Bonchev–Trinajstić information content (AvgIpc) is 2.63. The number of nitrogens with zero attached hydrogens (tertiary/aromatic N) is 1. The Hall–Kier alpha value is -2.85. The van der Waals surface area contributed by atoms with Gasteiger partial charge in [-0.05, 0) is 12.1 Å². The van der Waals surface area contributed by atoms with Crippen LogP contribution in [0.5, 0.6) is 11.5 Å². The summed E-state index contributed by atoms with van der Waals surface area (Å²) in [4.78, 5) is 32.3. The fourth-order valence-electron chi connectivity index (χ4n) is 2.28. The van der Waals surface area contributed by atoms with E-state index in [1.165, 1.54) is 0 Å². The molecule has 0 aromatic heterocycles. The molecule has 2 aliphatic heterocycles. The summed E-state index contributed by atoms with van der Waals surface area (Å²) in [6, 6.07) is 5.44. The highest BCUT2D eigenvalue weighted by atomic mass is 16.6. The van der Waals surface area contributed by atoms with Crippen LogP contribution in [-0.4, -0.2) is 79.0 Å². The first-order chi connectivity index (χ1) is 12.5. The molecule has 1 amide bonds. The molecule has 2 heterocycles. The molecule has 3 rings (SSSR count). The number of carboxylic acid groups (broad SMARTS) is 2. The SMILES string of the molecule is O=C(CN1CCOCC1)Nc1ccc2c(c1)OCCO2.O=C(O)C(=O)O. The number of carbonyl (C=O) groups excluding carboxylic acids is 1. The molecule has 142 valence electrons. The largest absolute Gasteiger partial charge is 0.486 e. The van der Waals surface area contributed by atoms with Crippen LogP contribution in [0.15, 0.2) is 18.2 Å². The molecule has 0 atom stereocenters. The van der Waals surface area contributed by atoms with E-state index < -0.39 is 11.9 Å². The summed E-state index contributed by atoms with van der Waals surface area (Å²) in [7, 11) is 0. The van der Waals surface area contributed by atoms with Crippen molar-refractivity contribution in [3.05, 3.63) is 18.2 Å². The van der Waals surface area contributed by atoms with Crippen LogP contribution in [0, 0.1) is 0 Å². The van der Waals surface area contributed by atoms with Crippen molar-refractivity contribution < 1.29 is 38.8 Å². The lowest BCUT2D eigenvalue weighted by molar-refractivity contribution is -0.159. The minimum atomic E-state index is -1.82. The van der Waals surface area contributed by atoms with Crippen molar-refractivity contribution in [3.8, 4) is 11.5 Å². The number of ether oxygens (including phenoxy) is 3. The molecule has 0 bridgehead atoms. The molecule has 0 radical (unpaired) electrons. The van der Waals surface area contributed by atoms with E-state index >= 15 is 0 Å². The molecule has 0 aliphatic carbocycles. The van der Waals surface area contributed by atoms with Crippen LogP contribution in [0.25, 0.3) is 0 Å². The molecule has 10 heteroatoms. The number of rotatable bonds is 3. The van der Waals surface area contributed by atoms with Gasteiger partial charge in [0.15, 0.2) is 11.5 Å². The second-order valence-electron chi connectivity index (χ2n) is 5.41. The normalized spacial score (nSPS) is 16.0. The summed E-state index contributed by atoms with van der Waals surface area (Å²) in [6.45, 7) is 4.48. The number of aliphatic carboxylic acids is 2. The number of anilines is 1. The third-order valence-corrected chi connectivity index (χ3v) is 3.48. The van der Waals surface area contributed by atoms with Gasteiger partial charge in [0, 0.05) is 24.8 Å². The first-order valence-corrected chi connectivity index (χ1v) is 7.91. The smallest absolute Gasteiger partial charge is 0.414 e. The van der Waals surface area contributed by atoms with Crippen LogP contribution in [0.2, 0.25) is 0 Å². The van der Waals surface area contributed by atoms with Gasteiger partial charge in [0.1, 0.15) is 13.2 Å². The topological polar surface area (TPSA) is 135 Å². The number of nitrogens with one attached hydrogen (secondary N) is 1. The van der Waals surface area contributed by atoms with Crippen molar-refractivity contribution in [1.82, 2.24) is 4.90 Å². The van der Waals surface area contributed by atoms with Crippen LogP contribution < -0.4 is 14.8 Å². The standard InChI is InChI=1S/C14H18N2O4.C2H2O4/c17-14(10-16-3-5-18-6-4-16)15-11-1-2-12-13(9-11)20-8-7-19-12;3-1(4)2(5)6/h1-2,9H,3-8,10H2,(H,15,17);(H,3,4)(H,5,6). The molecule has 0 spiro atoms. The summed E-state index contributed by atoms with van der Waals surface area (Å²) < 4.78 is 16.2. The predicted molar refractivity (Wildman–Crippen MR) is 88.6 cm³/mol. The molecule has 1 aromatic rings. The number of morpholine rings is 1. The van der Waals surface area contributed by atoms with Gasteiger partial charge in [-0.1, -0.05) is 0 Å². The monoisotopic (exact) mass is 368 g/mol. The molecule has 1 fully saturated rings. The Morgan fingerprint density at radius 3 is 2.19 bits per heavy atom. The zero-order valence-corrected chi connectivity index (χ0v) is 14.0. The van der Waals surface area contributed by atoms with Gasteiger partial charge < -0.3 is 29.7 Å². The Morgan fingerprint density at radius 2 is 1.58 bits per heavy atom. The minimum absolute atomic E-state index is 0.0245. The maximum atomic E-state index is 12.0. The van der Waals surface area contributed by atoms with Gasteiger partial charge in [0.05, 0.1) is 19.8 Å². The molecule has 26 heavy (non-hydrogen) atoms. The Morgan fingerprint density at radius 1 is 0.962 bits per heavy atom. The molecule has 3 N–H and O–H groups in total. The lowest BCUT2D eigenvalue weighted by Crippen LogP contribution is -2.41. The van der Waals surface area contributed by atoms with Crippen molar-refractivity contribution in [2.24, 2.45) is 0 Å². The van der Waals surface area contributed by atoms with E-state index in [2.05, 4.69) is 10.2 Å². The lowest BCUT2D eigenvalue weighted by Gasteiger charge is -2.26. The second kappa shape index (κ2) is 9.59. The number of carboxylic acids is 2. The van der Waals surface area contributed by atoms with Gasteiger partial charge in [-0.15, -0.1) is 0 Å². The van der Waals surface area contributed by atoms with E-state index in [4.69, 9.17) is 34.0 Å². The number of benzene rings is 1. The molecular weight excluding hydrogens is 348 g/mol. The molecular formula is C16H20N2O8. The zero-order valence-electron chi connectivity index (χ0n) is 14.0. The van der Waals surface area contributed by atoms with Crippen LogP contribution >= 0.6 is 0 Å². The third kappa shape index (κ3) is 6.22. The molecule has 0 saturated carbocycles. The molecule has 10 nitrogen and oxygen atoms in total. The summed E-state index contributed by atoms with van der Waals surface area (Å²) in [6.07, 6.45) is 0. The van der Waals surface area contributed by atoms with E-state index in [0.717, 1.165) is 24.5 Å². The molecule has 2 aliphatic rings. The number of hydrogen-bond donors (Lipinski definition) is 3. The summed E-state index contributed by atoms with van der Waals surface area (Å²) in [5.41, 5.74) is 0.729. The van der Waals surface area contributed by atoms with Crippen molar-refractivity contribution in [1.29, 1.82) is 0 Å². The Balaban J connectivity index is 0.000000352. The number of hydrogen-bond acceptors (Lipinski definition) is 7. The summed E-state index contributed by atoms with van der Waals surface area (Å²) in [5.74, 6) is -2.27. The molecule has 1 aromatic carbocycles. The lowest BCUT2D eigenvalue weighted by atomic mass is 10.2. The van der Waals surface area contributed by atoms with E-state index in [1.807, 2.05) is 12.1 Å². The highest BCUT2D eigenvalue weighted by Crippen LogP contribution is 2.32. The van der Waals surface area contributed by atoms with Crippen molar-refractivity contribution in [2.45, 2.75) is 0 Å². The Kier molecular flexibility index (Phi) is 7.18. The Bertz CT molecular complexity index is 646. The zero-order chi connectivity index (χ0) is 18.9. The van der Waals surface area contributed by atoms with Crippen LogP contribution in [0.3, 0.4) is 0 Å². The van der Waals surface area contributed by atoms with Crippen LogP contribution in [-0.2, 0) is 19.1 Å². The van der Waals surface area contributed by atoms with E-state index in [9.17, 15) is 4.79 Å². The van der Waals surface area contributed by atoms with Gasteiger partial charge in [0.2, 0.25) is 5.91 Å². The summed E-state index contributed by atoms with van der Waals surface area (Å²) in [5, 5.41) is 17.7. The number of carbonyl (C=O) groups is 3. The van der Waals surface area contributed by atoms with Gasteiger partial charge >= 0.3 is 11.9 Å². The second-order valence-corrected chi connectivity index (χ2v) is 5.41. The molecule has 0 unspecified atom stereocenters. The van der Waals surface area contributed by atoms with E-state index in [1.54, 1.807) is 6.07 Å². The number of fused-ring (bicyclic) bond motifs is 1. The first kappa shape index (κ1) is 19.5. The highest BCUT2D eigenvalue weighted by molar-refractivity contribution is 6.27. The fourth-order valence-corrected chi connectivity index (χ4v) is 2.28. The fraction of sp³-hybridized carbons (Fsp3) is 0.438. The van der Waals surface area contributed by atoms with Gasteiger partial charge in [-0.3, -0.25) is 9.69 Å². The van der Waals surface area contributed by atoms with Gasteiger partial charge in [0.25, 0.3) is 0 Å². The third-order valence-electron chi connectivity index (χ3n) is 3.48. The quantitative estimate of drug-likeness (QED) is 0.624. The highest BCUT2D eigenvalue weighted by Gasteiger charge is 2.16. The van der Waals surface area contributed by atoms with Gasteiger partial charge in [-0.25, -0.2) is 9.59 Å². The Labute approximate surface area is 149 Å². The number of amides is 1. The van der Waals surface area contributed by atoms with Gasteiger partial charge in [-0.2, -0.15) is 0 Å². The molecule has 1 saturated heterocycles. The average molecular weight is 368 g/mol. The van der Waals surface area contributed by atoms with Crippen molar-refractivity contribution >= 4 is 23.5 Å². The van der Waals surface area contributed by atoms with E-state index in [-0.39, 0.29) is 5.91 Å². The first-order valence-electron chi connectivity index (χ1n) is 7.91. The minimum Gasteiger partial charge on any atom is -0.486 e.